The Morgan fingerprint density at radius 1 is 1.15 bits per heavy atom. The van der Waals surface area contributed by atoms with Gasteiger partial charge < -0.3 is 0 Å². The molecule has 7 nitrogen and oxygen atoms in total. The van der Waals surface area contributed by atoms with Gasteiger partial charge in [-0.25, -0.2) is 4.68 Å². The molecule has 0 saturated carbocycles. The van der Waals surface area contributed by atoms with Crippen molar-refractivity contribution in [3.63, 3.8) is 0 Å². The van der Waals surface area contributed by atoms with Crippen molar-refractivity contribution < 1.29 is 0 Å². The number of hydrogen-bond donors (Lipinski definition) is 0. The van der Waals surface area contributed by atoms with Crippen LogP contribution in [-0.2, 0) is 13.1 Å². The van der Waals surface area contributed by atoms with Crippen LogP contribution in [0.15, 0.2) is 18.3 Å². The molecule has 1 saturated heterocycles. The molecule has 148 valence electrons. The third-order valence-corrected chi connectivity index (χ3v) is 5.69. The molecule has 27 heavy (non-hydrogen) atoms. The number of aryl methyl sites for hydroxylation is 1. The maximum atomic E-state index is 4.44. The molecule has 0 amide bonds. The third-order valence-electron chi connectivity index (χ3n) is 5.69. The van der Waals surface area contributed by atoms with Crippen LogP contribution in [0, 0.1) is 12.8 Å². The number of nitrogens with zero attached hydrogens (tertiary/aromatic N) is 7. The minimum Gasteiger partial charge on any atom is -0.296 e. The van der Waals surface area contributed by atoms with Gasteiger partial charge in [-0.3, -0.25) is 14.8 Å². The smallest absolute Gasteiger partial charge is 0.165 e. The highest BCUT2D eigenvalue weighted by Gasteiger charge is 2.31. The Morgan fingerprint density at radius 3 is 2.63 bits per heavy atom. The van der Waals surface area contributed by atoms with E-state index in [2.05, 4.69) is 70.1 Å². The number of pyridine rings is 1. The molecular formula is C20H33N7. The van der Waals surface area contributed by atoms with Gasteiger partial charge in [0.05, 0.1) is 12.6 Å². The Hall–Kier alpha value is -1.86. The van der Waals surface area contributed by atoms with Gasteiger partial charge in [-0.1, -0.05) is 26.3 Å². The number of aromatic nitrogens is 5. The van der Waals surface area contributed by atoms with Gasteiger partial charge in [-0.05, 0) is 48.7 Å². The summed E-state index contributed by atoms with van der Waals surface area (Å²) in [6.07, 6.45) is 3.19. The Morgan fingerprint density at radius 2 is 1.96 bits per heavy atom. The van der Waals surface area contributed by atoms with Crippen LogP contribution in [0.2, 0.25) is 0 Å². The molecule has 7 heteroatoms. The van der Waals surface area contributed by atoms with Crippen LogP contribution in [0.4, 0.5) is 0 Å². The Labute approximate surface area is 162 Å². The first-order valence-corrected chi connectivity index (χ1v) is 10.1. The van der Waals surface area contributed by atoms with Crippen molar-refractivity contribution in [2.75, 3.05) is 19.6 Å². The van der Waals surface area contributed by atoms with Gasteiger partial charge in [0, 0.05) is 44.1 Å². The van der Waals surface area contributed by atoms with Crippen molar-refractivity contribution in [2.45, 2.75) is 66.2 Å². The van der Waals surface area contributed by atoms with Crippen LogP contribution < -0.4 is 0 Å². The first-order chi connectivity index (χ1) is 13.0. The summed E-state index contributed by atoms with van der Waals surface area (Å²) in [5.74, 6) is 1.60. The molecule has 0 aromatic carbocycles. The number of rotatable bonds is 7. The Bertz CT molecular complexity index is 709. The normalized spacial score (nSPS) is 20.3. The minimum absolute atomic E-state index is 0.285. The fourth-order valence-electron chi connectivity index (χ4n) is 3.81. The molecule has 1 aliphatic rings. The van der Waals surface area contributed by atoms with Crippen LogP contribution in [0.3, 0.4) is 0 Å². The monoisotopic (exact) mass is 371 g/mol. The van der Waals surface area contributed by atoms with Crippen molar-refractivity contribution in [1.82, 2.24) is 35.0 Å². The van der Waals surface area contributed by atoms with E-state index in [-0.39, 0.29) is 6.04 Å². The highest BCUT2D eigenvalue weighted by Crippen LogP contribution is 2.23. The summed E-state index contributed by atoms with van der Waals surface area (Å²) in [6.45, 7) is 15.9. The highest BCUT2D eigenvalue weighted by atomic mass is 15.6. The molecule has 0 aliphatic carbocycles. The van der Waals surface area contributed by atoms with E-state index in [0.717, 1.165) is 44.2 Å². The summed E-state index contributed by atoms with van der Waals surface area (Å²) in [7, 11) is 0. The van der Waals surface area contributed by atoms with E-state index in [9.17, 15) is 0 Å². The molecule has 1 aliphatic heterocycles. The van der Waals surface area contributed by atoms with E-state index < -0.39 is 0 Å². The average molecular weight is 372 g/mol. The lowest BCUT2D eigenvalue weighted by atomic mass is 9.95. The maximum Gasteiger partial charge on any atom is 0.165 e. The molecule has 3 rings (SSSR count). The van der Waals surface area contributed by atoms with Gasteiger partial charge in [-0.15, -0.1) is 5.10 Å². The fourth-order valence-corrected chi connectivity index (χ4v) is 3.81. The Kier molecular flexibility index (Phi) is 6.55. The van der Waals surface area contributed by atoms with Gasteiger partial charge in [0.25, 0.3) is 0 Å². The van der Waals surface area contributed by atoms with E-state index in [0.29, 0.717) is 12.0 Å². The summed E-state index contributed by atoms with van der Waals surface area (Å²) in [6, 6.07) is 5.10. The van der Waals surface area contributed by atoms with E-state index in [1.165, 1.54) is 12.0 Å². The average Bonchev–Trinajstić information content (AvgIpc) is 3.12. The lowest BCUT2D eigenvalue weighted by Gasteiger charge is -2.44. The highest BCUT2D eigenvalue weighted by molar-refractivity contribution is 5.13. The summed E-state index contributed by atoms with van der Waals surface area (Å²) >= 11 is 0. The number of tetrazole rings is 1. The van der Waals surface area contributed by atoms with Gasteiger partial charge in [0.15, 0.2) is 5.82 Å². The lowest BCUT2D eigenvalue weighted by molar-refractivity contribution is 0.0325. The van der Waals surface area contributed by atoms with Gasteiger partial charge in [0.1, 0.15) is 0 Å². The predicted molar refractivity (Wildman–Crippen MR) is 106 cm³/mol. The van der Waals surface area contributed by atoms with Crippen LogP contribution in [0.1, 0.15) is 57.2 Å². The van der Waals surface area contributed by atoms with Gasteiger partial charge >= 0.3 is 0 Å². The van der Waals surface area contributed by atoms with Crippen LogP contribution >= 0.6 is 0 Å². The zero-order valence-electron chi connectivity index (χ0n) is 17.3. The van der Waals surface area contributed by atoms with E-state index in [1.807, 2.05) is 17.8 Å². The zero-order valence-corrected chi connectivity index (χ0v) is 17.3. The van der Waals surface area contributed by atoms with Crippen LogP contribution in [-0.4, -0.2) is 60.7 Å². The van der Waals surface area contributed by atoms with Crippen molar-refractivity contribution in [2.24, 2.45) is 5.92 Å². The SMILES string of the molecule is CC[C@H](C)[C@H]1CN(Cc2ccc(C)nc2)CCN1Cc1nnnn1C(C)C. The molecule has 0 unspecified atom stereocenters. The molecule has 0 radical (unpaired) electrons. The quantitative estimate of drug-likeness (QED) is 0.746. The Balaban J connectivity index is 1.69. The van der Waals surface area contributed by atoms with Crippen molar-refractivity contribution >= 4 is 0 Å². The second-order valence-corrected chi connectivity index (χ2v) is 8.10. The fraction of sp³-hybridized carbons (Fsp3) is 0.700. The maximum absolute atomic E-state index is 4.44. The molecule has 2 aromatic heterocycles. The summed E-state index contributed by atoms with van der Waals surface area (Å²) < 4.78 is 1.94. The molecule has 2 aromatic rings. The molecule has 0 N–H and O–H groups in total. The first kappa shape index (κ1) is 19.9. The van der Waals surface area contributed by atoms with E-state index in [4.69, 9.17) is 0 Å². The van der Waals surface area contributed by atoms with Crippen LogP contribution in [0.25, 0.3) is 0 Å². The van der Waals surface area contributed by atoms with Crippen molar-refractivity contribution in [1.29, 1.82) is 0 Å². The summed E-state index contributed by atoms with van der Waals surface area (Å²) in [4.78, 5) is 9.58. The van der Waals surface area contributed by atoms with Crippen molar-refractivity contribution in [3.8, 4) is 0 Å². The summed E-state index contributed by atoms with van der Waals surface area (Å²) in [5, 5.41) is 12.3. The molecule has 0 bridgehead atoms. The molecule has 2 atom stereocenters. The summed E-state index contributed by atoms with van der Waals surface area (Å²) in [5.41, 5.74) is 2.37. The second kappa shape index (κ2) is 8.89. The molecule has 1 fully saturated rings. The zero-order chi connectivity index (χ0) is 19.4. The topological polar surface area (TPSA) is 63.0 Å². The largest absolute Gasteiger partial charge is 0.296 e. The molecular weight excluding hydrogens is 338 g/mol. The lowest BCUT2D eigenvalue weighted by Crippen LogP contribution is -2.54. The van der Waals surface area contributed by atoms with Crippen LogP contribution in [0.5, 0.6) is 0 Å². The van der Waals surface area contributed by atoms with Gasteiger partial charge in [0.2, 0.25) is 0 Å². The number of hydrogen-bond acceptors (Lipinski definition) is 6. The van der Waals surface area contributed by atoms with Crippen molar-refractivity contribution in [3.05, 3.63) is 35.4 Å². The first-order valence-electron chi connectivity index (χ1n) is 10.1. The molecule has 3 heterocycles. The van der Waals surface area contributed by atoms with Gasteiger partial charge in [-0.2, -0.15) is 0 Å². The third kappa shape index (κ3) is 4.90. The standard InChI is InChI=1S/C20H33N7/c1-6-16(4)19-13-25(12-18-8-7-17(5)21-11-18)9-10-26(19)14-20-22-23-24-27(20)15(2)3/h7-8,11,15-16,19H,6,9-10,12-14H2,1-5H3/t16-,19+/m0/s1. The predicted octanol–water partition coefficient (Wildman–Crippen LogP) is 2.69. The minimum atomic E-state index is 0.285. The number of piperazine rings is 1. The van der Waals surface area contributed by atoms with E-state index >= 15 is 0 Å². The molecule has 0 spiro atoms. The second-order valence-electron chi connectivity index (χ2n) is 8.10. The van der Waals surface area contributed by atoms with E-state index in [1.54, 1.807) is 0 Å².